The molecule has 0 saturated heterocycles. The van der Waals surface area contributed by atoms with Crippen molar-refractivity contribution in [1.29, 1.82) is 0 Å². The van der Waals surface area contributed by atoms with Crippen LogP contribution in [-0.4, -0.2) is 29.6 Å². The Bertz CT molecular complexity index is 142. The SMILES string of the molecule is CSCCCC(CCCN)C(=O)O. The molecule has 0 aromatic heterocycles. The summed E-state index contributed by atoms with van der Waals surface area (Å²) in [5.41, 5.74) is 5.33. The van der Waals surface area contributed by atoms with Crippen LogP contribution in [0.25, 0.3) is 0 Å². The number of aliphatic carboxylic acids is 1. The molecule has 78 valence electrons. The molecule has 0 aliphatic carbocycles. The van der Waals surface area contributed by atoms with Crippen LogP contribution >= 0.6 is 11.8 Å². The lowest BCUT2D eigenvalue weighted by Gasteiger charge is -2.10. The van der Waals surface area contributed by atoms with Crippen molar-refractivity contribution in [3.05, 3.63) is 0 Å². The first kappa shape index (κ1) is 12.8. The zero-order valence-electron chi connectivity index (χ0n) is 8.16. The Balaban J connectivity index is 3.61. The fourth-order valence-electron chi connectivity index (χ4n) is 1.23. The van der Waals surface area contributed by atoms with Crippen molar-refractivity contribution >= 4 is 17.7 Å². The summed E-state index contributed by atoms with van der Waals surface area (Å²) in [5, 5.41) is 8.85. The number of hydrogen-bond donors (Lipinski definition) is 2. The van der Waals surface area contributed by atoms with Crippen LogP contribution < -0.4 is 5.73 Å². The van der Waals surface area contributed by atoms with Crippen molar-refractivity contribution in [3.63, 3.8) is 0 Å². The smallest absolute Gasteiger partial charge is 0.306 e. The van der Waals surface area contributed by atoms with Gasteiger partial charge in [-0.3, -0.25) is 4.79 Å². The van der Waals surface area contributed by atoms with Gasteiger partial charge in [0.15, 0.2) is 0 Å². The molecule has 0 heterocycles. The Morgan fingerprint density at radius 1 is 1.46 bits per heavy atom. The number of rotatable bonds is 8. The van der Waals surface area contributed by atoms with E-state index in [4.69, 9.17) is 10.8 Å². The molecule has 0 rings (SSSR count). The highest BCUT2D eigenvalue weighted by Crippen LogP contribution is 2.14. The fraction of sp³-hybridized carbons (Fsp3) is 0.889. The summed E-state index contributed by atoms with van der Waals surface area (Å²) in [5.74, 6) is 0.192. The molecule has 1 atom stereocenters. The van der Waals surface area contributed by atoms with E-state index in [9.17, 15) is 4.79 Å². The van der Waals surface area contributed by atoms with Gasteiger partial charge >= 0.3 is 5.97 Å². The summed E-state index contributed by atoms with van der Waals surface area (Å²) in [6, 6.07) is 0. The molecule has 0 fully saturated rings. The maximum absolute atomic E-state index is 10.8. The second kappa shape index (κ2) is 8.38. The number of thioether (sulfide) groups is 1. The molecule has 0 bridgehead atoms. The first-order valence-electron chi connectivity index (χ1n) is 4.64. The van der Waals surface area contributed by atoms with Crippen molar-refractivity contribution in [3.8, 4) is 0 Å². The van der Waals surface area contributed by atoms with Gasteiger partial charge in [0.1, 0.15) is 0 Å². The first-order valence-corrected chi connectivity index (χ1v) is 6.03. The minimum Gasteiger partial charge on any atom is -0.481 e. The summed E-state index contributed by atoms with van der Waals surface area (Å²) in [4.78, 5) is 10.8. The average molecular weight is 205 g/mol. The molecule has 3 nitrogen and oxygen atoms in total. The maximum Gasteiger partial charge on any atom is 0.306 e. The molecule has 0 aliphatic heterocycles. The highest BCUT2D eigenvalue weighted by Gasteiger charge is 2.15. The van der Waals surface area contributed by atoms with E-state index in [1.807, 2.05) is 6.26 Å². The van der Waals surface area contributed by atoms with Crippen LogP contribution in [0.1, 0.15) is 25.7 Å². The predicted octanol–water partition coefficient (Wildman–Crippen LogP) is 1.57. The maximum atomic E-state index is 10.8. The third-order valence-electron chi connectivity index (χ3n) is 2.01. The number of nitrogens with two attached hydrogens (primary N) is 1. The Labute approximate surface area is 84.1 Å². The monoisotopic (exact) mass is 205 g/mol. The summed E-state index contributed by atoms with van der Waals surface area (Å²) < 4.78 is 0. The zero-order chi connectivity index (χ0) is 10.1. The predicted molar refractivity (Wildman–Crippen MR) is 57.0 cm³/mol. The van der Waals surface area contributed by atoms with Gasteiger partial charge in [-0.2, -0.15) is 11.8 Å². The van der Waals surface area contributed by atoms with Crippen LogP contribution in [0.2, 0.25) is 0 Å². The Morgan fingerprint density at radius 2 is 2.08 bits per heavy atom. The molecule has 1 unspecified atom stereocenters. The zero-order valence-corrected chi connectivity index (χ0v) is 8.98. The fourth-order valence-corrected chi connectivity index (χ4v) is 1.68. The van der Waals surface area contributed by atoms with Gasteiger partial charge in [-0.05, 0) is 44.2 Å². The average Bonchev–Trinajstić information content (AvgIpc) is 2.10. The summed E-state index contributed by atoms with van der Waals surface area (Å²) in [6.45, 7) is 0.590. The molecule has 0 spiro atoms. The van der Waals surface area contributed by atoms with Crippen LogP contribution in [0.15, 0.2) is 0 Å². The Hall–Kier alpha value is -0.220. The van der Waals surface area contributed by atoms with Crippen molar-refractivity contribution in [2.75, 3.05) is 18.6 Å². The lowest BCUT2D eigenvalue weighted by atomic mass is 9.98. The van der Waals surface area contributed by atoms with Gasteiger partial charge < -0.3 is 10.8 Å². The molecule has 0 aliphatic rings. The van der Waals surface area contributed by atoms with Gasteiger partial charge in [-0.15, -0.1) is 0 Å². The molecule has 0 saturated carbocycles. The molecule has 0 aromatic carbocycles. The lowest BCUT2D eigenvalue weighted by molar-refractivity contribution is -0.142. The van der Waals surface area contributed by atoms with E-state index < -0.39 is 5.97 Å². The van der Waals surface area contributed by atoms with E-state index >= 15 is 0 Å². The first-order chi connectivity index (χ1) is 6.22. The van der Waals surface area contributed by atoms with Crippen LogP contribution in [0.3, 0.4) is 0 Å². The van der Waals surface area contributed by atoms with Crippen LogP contribution in [0.4, 0.5) is 0 Å². The van der Waals surface area contributed by atoms with E-state index in [2.05, 4.69) is 0 Å². The summed E-state index contributed by atoms with van der Waals surface area (Å²) in [6.07, 6.45) is 5.35. The van der Waals surface area contributed by atoms with Crippen molar-refractivity contribution in [2.24, 2.45) is 11.7 Å². The molecule has 3 N–H and O–H groups in total. The second-order valence-corrected chi connectivity index (χ2v) is 4.09. The summed E-state index contributed by atoms with van der Waals surface area (Å²) in [7, 11) is 0. The Kier molecular flexibility index (Phi) is 8.24. The van der Waals surface area contributed by atoms with Crippen molar-refractivity contribution in [2.45, 2.75) is 25.7 Å². The van der Waals surface area contributed by atoms with Crippen LogP contribution in [0.5, 0.6) is 0 Å². The van der Waals surface area contributed by atoms with Gasteiger partial charge in [0.05, 0.1) is 5.92 Å². The molecule has 13 heavy (non-hydrogen) atoms. The van der Waals surface area contributed by atoms with Gasteiger partial charge in [-0.25, -0.2) is 0 Å². The minimum absolute atomic E-state index is 0.185. The second-order valence-electron chi connectivity index (χ2n) is 3.10. The number of hydrogen-bond acceptors (Lipinski definition) is 3. The topological polar surface area (TPSA) is 63.3 Å². The highest BCUT2D eigenvalue weighted by molar-refractivity contribution is 7.98. The van der Waals surface area contributed by atoms with E-state index in [1.165, 1.54) is 0 Å². The lowest BCUT2D eigenvalue weighted by Crippen LogP contribution is -2.15. The molecule has 0 radical (unpaired) electrons. The Morgan fingerprint density at radius 3 is 2.54 bits per heavy atom. The van der Waals surface area contributed by atoms with Crippen molar-refractivity contribution in [1.82, 2.24) is 0 Å². The normalized spacial score (nSPS) is 12.8. The molecular formula is C9H19NO2S. The molecular weight excluding hydrogens is 186 g/mol. The number of carboxylic acids is 1. The molecule has 0 amide bonds. The van der Waals surface area contributed by atoms with E-state index in [1.54, 1.807) is 11.8 Å². The van der Waals surface area contributed by atoms with Gasteiger partial charge in [0.2, 0.25) is 0 Å². The standard InChI is InChI=1S/C9H19NO2S/c1-13-7-3-5-8(9(11)12)4-2-6-10/h8H,2-7,10H2,1H3,(H,11,12). The largest absolute Gasteiger partial charge is 0.481 e. The van der Waals surface area contributed by atoms with Crippen LogP contribution in [-0.2, 0) is 4.79 Å². The third kappa shape index (κ3) is 6.90. The van der Waals surface area contributed by atoms with Gasteiger partial charge in [0, 0.05) is 0 Å². The highest BCUT2D eigenvalue weighted by atomic mass is 32.2. The number of carbonyl (C=O) groups is 1. The quantitative estimate of drug-likeness (QED) is 0.590. The minimum atomic E-state index is -0.672. The summed E-state index contributed by atoms with van der Waals surface area (Å²) >= 11 is 1.76. The van der Waals surface area contributed by atoms with Crippen molar-refractivity contribution < 1.29 is 9.90 Å². The van der Waals surface area contributed by atoms with Crippen LogP contribution in [0, 0.1) is 5.92 Å². The van der Waals surface area contributed by atoms with Gasteiger partial charge in [0.25, 0.3) is 0 Å². The number of carboxylic acid groups (broad SMARTS) is 1. The van der Waals surface area contributed by atoms with E-state index in [0.29, 0.717) is 6.54 Å². The van der Waals surface area contributed by atoms with E-state index in [0.717, 1.165) is 31.4 Å². The van der Waals surface area contributed by atoms with Gasteiger partial charge in [-0.1, -0.05) is 0 Å². The molecule has 0 aromatic rings. The molecule has 4 heteroatoms. The van der Waals surface area contributed by atoms with E-state index in [-0.39, 0.29) is 5.92 Å². The third-order valence-corrected chi connectivity index (χ3v) is 2.70.